The summed E-state index contributed by atoms with van der Waals surface area (Å²) in [5.74, 6) is -0.856. The van der Waals surface area contributed by atoms with E-state index in [4.69, 9.17) is 5.73 Å². The molecular weight excluding hydrogens is 212 g/mol. The molecule has 0 aliphatic rings. The van der Waals surface area contributed by atoms with Crippen LogP contribution in [0.4, 0.5) is 4.79 Å². The van der Waals surface area contributed by atoms with Crippen LogP contribution < -0.4 is 5.73 Å². The van der Waals surface area contributed by atoms with Gasteiger partial charge in [-0.15, -0.1) is 0 Å². The van der Waals surface area contributed by atoms with Crippen molar-refractivity contribution in [3.63, 3.8) is 0 Å². The van der Waals surface area contributed by atoms with Gasteiger partial charge in [0.05, 0.1) is 5.56 Å². The molecule has 0 atom stereocenters. The van der Waals surface area contributed by atoms with Crippen LogP contribution in [0.5, 0.6) is 0 Å². The number of nitrogens with two attached hydrogens (primary N) is 1. The highest BCUT2D eigenvalue weighted by molar-refractivity contribution is 5.97. The molecule has 7 nitrogen and oxygen atoms in total. The number of esters is 1. The first-order chi connectivity index (χ1) is 7.66. The van der Waals surface area contributed by atoms with Crippen molar-refractivity contribution in [1.29, 1.82) is 0 Å². The number of hydrogen-bond donors (Lipinski definition) is 1. The Labute approximate surface area is 89.3 Å². The summed E-state index contributed by atoms with van der Waals surface area (Å²) in [5.41, 5.74) is 5.28. The number of hydrogen-bond acceptors (Lipinski definition) is 6. The summed E-state index contributed by atoms with van der Waals surface area (Å²) in [6, 6.07) is 1.47. The van der Waals surface area contributed by atoms with Crippen molar-refractivity contribution in [2.45, 2.75) is 0 Å². The highest BCUT2D eigenvalue weighted by Crippen LogP contribution is 2.09. The molecule has 0 aliphatic heterocycles. The second kappa shape index (κ2) is 3.89. The second-order valence-electron chi connectivity index (χ2n) is 2.87. The number of carbonyl (C=O) groups is 2. The van der Waals surface area contributed by atoms with Crippen molar-refractivity contribution < 1.29 is 14.3 Å². The summed E-state index contributed by atoms with van der Waals surface area (Å²) in [6.45, 7) is 0. The first-order valence-corrected chi connectivity index (χ1v) is 4.24. The highest BCUT2D eigenvalue weighted by Gasteiger charge is 2.11. The van der Waals surface area contributed by atoms with Gasteiger partial charge in [0, 0.05) is 17.8 Å². The van der Waals surface area contributed by atoms with E-state index in [1.807, 2.05) is 0 Å². The molecule has 2 aromatic heterocycles. The number of aromatic nitrogens is 3. The number of amides is 1. The van der Waals surface area contributed by atoms with Crippen LogP contribution in [-0.2, 0) is 4.74 Å². The third-order valence-electron chi connectivity index (χ3n) is 1.78. The molecule has 0 unspecified atom stereocenters. The van der Waals surface area contributed by atoms with Crippen molar-refractivity contribution in [3.05, 3.63) is 30.4 Å². The van der Waals surface area contributed by atoms with Crippen molar-refractivity contribution in [1.82, 2.24) is 15.0 Å². The quantitative estimate of drug-likeness (QED) is 0.543. The van der Waals surface area contributed by atoms with E-state index in [-0.39, 0.29) is 5.56 Å². The Balaban J connectivity index is 2.39. The fourth-order valence-corrected chi connectivity index (χ4v) is 1.14. The molecule has 2 aromatic rings. The van der Waals surface area contributed by atoms with E-state index in [0.717, 1.165) is 0 Å². The smallest absolute Gasteiger partial charge is 0.373 e. The van der Waals surface area contributed by atoms with Crippen LogP contribution in [0.15, 0.2) is 24.8 Å². The summed E-state index contributed by atoms with van der Waals surface area (Å²) >= 11 is 0. The lowest BCUT2D eigenvalue weighted by molar-refractivity contribution is 0.0638. The molecule has 0 aromatic carbocycles. The van der Waals surface area contributed by atoms with E-state index in [0.29, 0.717) is 11.0 Å². The molecule has 0 bridgehead atoms. The van der Waals surface area contributed by atoms with Crippen molar-refractivity contribution >= 4 is 23.1 Å². The molecule has 0 radical (unpaired) electrons. The molecule has 1 amide bonds. The number of carbonyl (C=O) groups excluding carboxylic acids is 2. The van der Waals surface area contributed by atoms with Gasteiger partial charge in [0.25, 0.3) is 0 Å². The minimum absolute atomic E-state index is 0.112. The summed E-state index contributed by atoms with van der Waals surface area (Å²) < 4.78 is 4.20. The van der Waals surface area contributed by atoms with E-state index < -0.39 is 12.1 Å². The number of nitrogens with zero attached hydrogens (tertiary/aromatic N) is 3. The molecule has 7 heteroatoms. The Kier molecular flexibility index (Phi) is 2.42. The number of ether oxygens (including phenoxy) is 1. The van der Waals surface area contributed by atoms with Crippen LogP contribution in [0.1, 0.15) is 10.4 Å². The minimum atomic E-state index is -1.16. The predicted molar refractivity (Wildman–Crippen MR) is 52.3 cm³/mol. The van der Waals surface area contributed by atoms with E-state index >= 15 is 0 Å². The zero-order valence-corrected chi connectivity index (χ0v) is 7.95. The SMILES string of the molecule is NC(=O)OC(=O)c1cnc2ncncc2c1. The van der Waals surface area contributed by atoms with Crippen LogP contribution >= 0.6 is 0 Å². The molecule has 0 spiro atoms. The lowest BCUT2D eigenvalue weighted by Gasteiger charge is -2.00. The highest BCUT2D eigenvalue weighted by atomic mass is 16.6. The second-order valence-corrected chi connectivity index (χ2v) is 2.87. The fourth-order valence-electron chi connectivity index (χ4n) is 1.14. The number of fused-ring (bicyclic) bond motifs is 1. The maximum absolute atomic E-state index is 11.3. The third kappa shape index (κ3) is 1.92. The molecule has 0 saturated heterocycles. The Morgan fingerprint density at radius 3 is 2.81 bits per heavy atom. The zero-order chi connectivity index (χ0) is 11.5. The first kappa shape index (κ1) is 9.97. The molecule has 2 heterocycles. The van der Waals surface area contributed by atoms with Crippen molar-refractivity contribution in [2.75, 3.05) is 0 Å². The van der Waals surface area contributed by atoms with Gasteiger partial charge >= 0.3 is 12.1 Å². The lowest BCUT2D eigenvalue weighted by atomic mass is 10.2. The van der Waals surface area contributed by atoms with E-state index in [9.17, 15) is 9.59 Å². The number of primary amides is 1. The average Bonchev–Trinajstić information content (AvgIpc) is 2.27. The van der Waals surface area contributed by atoms with Crippen LogP contribution in [0.25, 0.3) is 11.0 Å². The molecule has 80 valence electrons. The van der Waals surface area contributed by atoms with Gasteiger partial charge in [0.15, 0.2) is 5.65 Å². The first-order valence-electron chi connectivity index (χ1n) is 4.24. The number of rotatable bonds is 1. The van der Waals surface area contributed by atoms with E-state index in [1.54, 1.807) is 0 Å². The van der Waals surface area contributed by atoms with Crippen LogP contribution in [0.3, 0.4) is 0 Å². The molecular formula is C9H6N4O3. The maximum atomic E-state index is 11.3. The standard InChI is InChI=1S/C9H6N4O3/c10-9(15)16-8(14)6-1-5-2-11-4-13-7(5)12-3-6/h1-4H,(H2,10,15). The minimum Gasteiger partial charge on any atom is -0.373 e. The normalized spacial score (nSPS) is 10.0. The van der Waals surface area contributed by atoms with Gasteiger partial charge in [-0.05, 0) is 6.07 Å². The Morgan fingerprint density at radius 2 is 2.06 bits per heavy atom. The summed E-state index contributed by atoms with van der Waals surface area (Å²) in [5, 5.41) is 0.571. The number of pyridine rings is 1. The Hall–Kier alpha value is -2.57. The van der Waals surface area contributed by atoms with Crippen molar-refractivity contribution in [2.24, 2.45) is 5.73 Å². The van der Waals surface area contributed by atoms with Gasteiger partial charge in [-0.1, -0.05) is 0 Å². The Bertz CT molecular complexity index is 569. The van der Waals surface area contributed by atoms with Gasteiger partial charge < -0.3 is 10.5 Å². The monoisotopic (exact) mass is 218 g/mol. The molecule has 16 heavy (non-hydrogen) atoms. The molecule has 0 saturated carbocycles. The summed E-state index contributed by atoms with van der Waals surface area (Å²) in [4.78, 5) is 33.2. The lowest BCUT2D eigenvalue weighted by Crippen LogP contribution is -2.18. The fraction of sp³-hybridized carbons (Fsp3) is 0. The van der Waals surface area contributed by atoms with E-state index in [2.05, 4.69) is 19.7 Å². The zero-order valence-electron chi connectivity index (χ0n) is 7.95. The van der Waals surface area contributed by atoms with Gasteiger partial charge in [0.1, 0.15) is 6.33 Å². The molecule has 0 fully saturated rings. The van der Waals surface area contributed by atoms with Gasteiger partial charge in [-0.3, -0.25) is 0 Å². The van der Waals surface area contributed by atoms with Crippen molar-refractivity contribution in [3.8, 4) is 0 Å². The van der Waals surface area contributed by atoms with E-state index in [1.165, 1.54) is 24.8 Å². The predicted octanol–water partition coefficient (Wildman–Crippen LogP) is 0.260. The van der Waals surface area contributed by atoms with Gasteiger partial charge in [-0.2, -0.15) is 0 Å². The molecule has 0 aliphatic carbocycles. The maximum Gasteiger partial charge on any atom is 0.412 e. The average molecular weight is 218 g/mol. The Morgan fingerprint density at radius 1 is 1.25 bits per heavy atom. The van der Waals surface area contributed by atoms with Crippen LogP contribution in [-0.4, -0.2) is 27.0 Å². The summed E-state index contributed by atoms with van der Waals surface area (Å²) in [7, 11) is 0. The molecule has 2 rings (SSSR count). The largest absolute Gasteiger partial charge is 0.412 e. The van der Waals surface area contributed by atoms with Crippen LogP contribution in [0, 0.1) is 0 Å². The van der Waals surface area contributed by atoms with Crippen LogP contribution in [0.2, 0.25) is 0 Å². The van der Waals surface area contributed by atoms with Gasteiger partial charge in [-0.25, -0.2) is 24.5 Å². The molecule has 2 N–H and O–H groups in total. The van der Waals surface area contributed by atoms with Gasteiger partial charge in [0.2, 0.25) is 0 Å². The third-order valence-corrected chi connectivity index (χ3v) is 1.78. The topological polar surface area (TPSA) is 108 Å². The summed E-state index contributed by atoms with van der Waals surface area (Å²) in [6.07, 6.45) is 2.93.